The summed E-state index contributed by atoms with van der Waals surface area (Å²) in [5.74, 6) is 0.135. The predicted octanol–water partition coefficient (Wildman–Crippen LogP) is -0.376. The lowest BCUT2D eigenvalue weighted by Gasteiger charge is -2.25. The minimum absolute atomic E-state index is 0.00899. The number of sulfone groups is 1. The van der Waals surface area contributed by atoms with Crippen molar-refractivity contribution in [2.45, 2.75) is 19.4 Å². The molecule has 94 valence electrons. The molecule has 1 saturated heterocycles. The fourth-order valence-electron chi connectivity index (χ4n) is 1.77. The second-order valence-corrected chi connectivity index (χ2v) is 5.91. The molecule has 0 aliphatic carbocycles. The van der Waals surface area contributed by atoms with E-state index in [1.54, 1.807) is 6.92 Å². The van der Waals surface area contributed by atoms with Crippen molar-refractivity contribution < 1.29 is 23.1 Å². The molecule has 1 rings (SSSR count). The highest BCUT2D eigenvalue weighted by atomic mass is 32.2. The number of nitrogens with zero attached hydrogens (tertiary/aromatic N) is 1. The van der Waals surface area contributed by atoms with Crippen LogP contribution >= 0.6 is 0 Å². The number of hydrogen-bond donors (Lipinski definition) is 1. The van der Waals surface area contributed by atoms with E-state index in [4.69, 9.17) is 9.84 Å². The fraction of sp³-hybridized carbons (Fsp3) is 0.889. The number of carbonyl (C=O) groups is 1. The first kappa shape index (κ1) is 13.2. The first-order chi connectivity index (χ1) is 7.50. The monoisotopic (exact) mass is 251 g/mol. The lowest BCUT2D eigenvalue weighted by atomic mass is 10.2. The number of ether oxygens (including phenoxy) is 1. The highest BCUT2D eigenvalue weighted by Gasteiger charge is 2.34. The first-order valence-corrected chi connectivity index (χ1v) is 7.07. The minimum Gasteiger partial charge on any atom is -0.447 e. The second kappa shape index (κ2) is 5.49. The van der Waals surface area contributed by atoms with Crippen LogP contribution in [-0.2, 0) is 14.6 Å². The van der Waals surface area contributed by atoms with Crippen LogP contribution < -0.4 is 0 Å². The zero-order valence-electron chi connectivity index (χ0n) is 9.26. The average Bonchev–Trinajstić information content (AvgIpc) is 2.57. The molecule has 1 atom stereocenters. The second-order valence-electron chi connectivity index (χ2n) is 3.68. The molecule has 7 heteroatoms. The number of aliphatic hydroxyl groups excluding tert-OH is 1. The minimum atomic E-state index is -3.00. The van der Waals surface area contributed by atoms with Gasteiger partial charge in [-0.05, 0) is 13.3 Å². The van der Waals surface area contributed by atoms with Crippen molar-refractivity contribution in [1.82, 2.24) is 4.90 Å². The van der Waals surface area contributed by atoms with E-state index in [1.807, 2.05) is 0 Å². The van der Waals surface area contributed by atoms with Crippen molar-refractivity contribution in [3.05, 3.63) is 0 Å². The Bertz CT molecular complexity index is 340. The molecular weight excluding hydrogens is 234 g/mol. The van der Waals surface area contributed by atoms with Crippen LogP contribution in [0.15, 0.2) is 0 Å². The molecule has 6 nitrogen and oxygen atoms in total. The Morgan fingerprint density at radius 1 is 1.56 bits per heavy atom. The molecule has 0 aromatic rings. The van der Waals surface area contributed by atoms with E-state index in [0.717, 1.165) is 0 Å². The van der Waals surface area contributed by atoms with Crippen LogP contribution in [0.25, 0.3) is 0 Å². The van der Waals surface area contributed by atoms with Gasteiger partial charge in [-0.15, -0.1) is 0 Å². The van der Waals surface area contributed by atoms with Gasteiger partial charge in [0, 0.05) is 12.6 Å². The van der Waals surface area contributed by atoms with Gasteiger partial charge < -0.3 is 14.7 Å². The Hall–Kier alpha value is -0.820. The van der Waals surface area contributed by atoms with Gasteiger partial charge >= 0.3 is 6.09 Å². The lowest BCUT2D eigenvalue weighted by molar-refractivity contribution is 0.0760. The summed E-state index contributed by atoms with van der Waals surface area (Å²) in [6.45, 7) is 1.89. The third kappa shape index (κ3) is 3.34. The van der Waals surface area contributed by atoms with Gasteiger partial charge in [-0.1, -0.05) is 0 Å². The van der Waals surface area contributed by atoms with Gasteiger partial charge in [-0.2, -0.15) is 0 Å². The van der Waals surface area contributed by atoms with Crippen molar-refractivity contribution >= 4 is 15.9 Å². The molecule has 1 amide bonds. The summed E-state index contributed by atoms with van der Waals surface area (Å²) in [5.41, 5.74) is 0. The summed E-state index contributed by atoms with van der Waals surface area (Å²) in [4.78, 5) is 12.9. The SMILES string of the molecule is CCN(C(=O)OCCO)C1CCS(=O)(=O)C1. The summed E-state index contributed by atoms with van der Waals surface area (Å²) < 4.78 is 27.3. The normalized spacial score (nSPS) is 23.0. The third-order valence-corrected chi connectivity index (χ3v) is 4.29. The van der Waals surface area contributed by atoms with Gasteiger partial charge in [0.15, 0.2) is 9.84 Å². The van der Waals surface area contributed by atoms with E-state index in [9.17, 15) is 13.2 Å². The molecule has 0 spiro atoms. The smallest absolute Gasteiger partial charge is 0.410 e. The van der Waals surface area contributed by atoms with Crippen LogP contribution in [0.2, 0.25) is 0 Å². The molecule has 0 aromatic heterocycles. The predicted molar refractivity (Wildman–Crippen MR) is 57.9 cm³/mol. The van der Waals surface area contributed by atoms with Crippen molar-refractivity contribution in [1.29, 1.82) is 0 Å². The van der Waals surface area contributed by atoms with Gasteiger partial charge in [0.05, 0.1) is 18.1 Å². The van der Waals surface area contributed by atoms with Crippen LogP contribution in [0.3, 0.4) is 0 Å². The van der Waals surface area contributed by atoms with Crippen molar-refractivity contribution in [3.63, 3.8) is 0 Å². The molecular formula is C9H17NO5S. The van der Waals surface area contributed by atoms with Crippen LogP contribution in [-0.4, -0.2) is 61.8 Å². The van der Waals surface area contributed by atoms with Gasteiger partial charge in [0.1, 0.15) is 6.61 Å². The highest BCUT2D eigenvalue weighted by Crippen LogP contribution is 2.18. The molecule has 1 aliphatic heterocycles. The summed E-state index contributed by atoms with van der Waals surface area (Å²) in [6, 6.07) is -0.291. The van der Waals surface area contributed by atoms with Gasteiger partial charge in [0.2, 0.25) is 0 Å². The maximum absolute atomic E-state index is 11.5. The van der Waals surface area contributed by atoms with Crippen molar-refractivity contribution in [2.24, 2.45) is 0 Å². The molecule has 0 aromatic carbocycles. The van der Waals surface area contributed by atoms with Gasteiger partial charge in [0.25, 0.3) is 0 Å². The van der Waals surface area contributed by atoms with Crippen LogP contribution in [0.5, 0.6) is 0 Å². The summed E-state index contributed by atoms with van der Waals surface area (Å²) >= 11 is 0. The molecule has 1 N–H and O–H groups in total. The van der Waals surface area contributed by atoms with Gasteiger partial charge in [-0.3, -0.25) is 0 Å². The molecule has 1 unspecified atom stereocenters. The molecule has 0 radical (unpaired) electrons. The number of aliphatic hydroxyl groups is 1. The molecule has 0 bridgehead atoms. The van der Waals surface area contributed by atoms with E-state index in [2.05, 4.69) is 0 Å². The summed E-state index contributed by atoms with van der Waals surface area (Å²) in [6.07, 6.45) is -0.0941. The van der Waals surface area contributed by atoms with E-state index < -0.39 is 15.9 Å². The Labute approximate surface area is 95.1 Å². The Kier molecular flexibility index (Phi) is 4.55. The summed E-state index contributed by atoms with van der Waals surface area (Å²) in [5, 5.41) is 8.53. The zero-order chi connectivity index (χ0) is 12.2. The Morgan fingerprint density at radius 2 is 2.25 bits per heavy atom. The van der Waals surface area contributed by atoms with Gasteiger partial charge in [-0.25, -0.2) is 13.2 Å². The Morgan fingerprint density at radius 3 is 2.69 bits per heavy atom. The highest BCUT2D eigenvalue weighted by molar-refractivity contribution is 7.91. The maximum Gasteiger partial charge on any atom is 0.410 e. The lowest BCUT2D eigenvalue weighted by Crippen LogP contribution is -2.41. The standard InChI is InChI=1S/C9H17NO5S/c1-2-10(9(12)15-5-4-11)8-3-6-16(13,14)7-8/h8,11H,2-7H2,1H3. The average molecular weight is 251 g/mol. The van der Waals surface area contributed by atoms with Crippen molar-refractivity contribution in [3.8, 4) is 0 Å². The zero-order valence-corrected chi connectivity index (χ0v) is 10.1. The number of carbonyl (C=O) groups excluding carboxylic acids is 1. The number of amides is 1. The summed E-state index contributed by atoms with van der Waals surface area (Å²) in [7, 11) is -3.00. The largest absolute Gasteiger partial charge is 0.447 e. The van der Waals surface area contributed by atoms with Crippen molar-refractivity contribution in [2.75, 3.05) is 31.3 Å². The first-order valence-electron chi connectivity index (χ1n) is 5.25. The van der Waals surface area contributed by atoms with Crippen LogP contribution in [0.1, 0.15) is 13.3 Å². The molecule has 16 heavy (non-hydrogen) atoms. The molecule has 1 aliphatic rings. The van der Waals surface area contributed by atoms with E-state index >= 15 is 0 Å². The molecule has 1 fully saturated rings. The Balaban J connectivity index is 2.58. The topological polar surface area (TPSA) is 83.9 Å². The fourth-order valence-corrected chi connectivity index (χ4v) is 3.50. The van der Waals surface area contributed by atoms with Crippen LogP contribution in [0.4, 0.5) is 4.79 Å². The van der Waals surface area contributed by atoms with E-state index in [0.29, 0.717) is 13.0 Å². The third-order valence-electron chi connectivity index (χ3n) is 2.54. The quantitative estimate of drug-likeness (QED) is 0.736. The molecule has 0 saturated carbocycles. The van der Waals surface area contributed by atoms with Crippen LogP contribution in [0, 0.1) is 0 Å². The number of hydrogen-bond acceptors (Lipinski definition) is 5. The van der Waals surface area contributed by atoms with E-state index in [-0.39, 0.29) is 30.8 Å². The van der Waals surface area contributed by atoms with E-state index in [1.165, 1.54) is 4.90 Å². The maximum atomic E-state index is 11.5. The molecule has 1 heterocycles. The number of rotatable bonds is 4.